The zero-order valence-electron chi connectivity index (χ0n) is 33.1. The summed E-state index contributed by atoms with van der Waals surface area (Å²) in [6, 6.07) is 16.4. The number of rotatable bonds is 10. The molecule has 10 rings (SSSR count). The highest BCUT2D eigenvalue weighted by molar-refractivity contribution is 6.34. The van der Waals surface area contributed by atoms with Crippen LogP contribution in [-0.2, 0) is 17.8 Å². The molecule has 310 valence electrons. The summed E-state index contributed by atoms with van der Waals surface area (Å²) in [5.41, 5.74) is 7.96. The van der Waals surface area contributed by atoms with Gasteiger partial charge in [0.05, 0.1) is 34.3 Å². The summed E-state index contributed by atoms with van der Waals surface area (Å²) < 4.78 is 31.1. The van der Waals surface area contributed by atoms with Crippen LogP contribution in [0.4, 0.5) is 36.5 Å². The van der Waals surface area contributed by atoms with Crippen LogP contribution in [0.3, 0.4) is 0 Å². The molecule has 1 spiro atoms. The molecule has 0 bridgehead atoms. The second-order valence-corrected chi connectivity index (χ2v) is 17.4. The van der Waals surface area contributed by atoms with E-state index >= 15 is 4.39 Å². The second kappa shape index (κ2) is 15.1. The van der Waals surface area contributed by atoms with Gasteiger partial charge in [0, 0.05) is 76.1 Å². The van der Waals surface area contributed by atoms with Crippen molar-refractivity contribution >= 4 is 58.0 Å². The van der Waals surface area contributed by atoms with Gasteiger partial charge >= 0.3 is 6.03 Å². The van der Waals surface area contributed by atoms with Crippen molar-refractivity contribution in [1.29, 1.82) is 0 Å². The molecule has 2 saturated carbocycles. The Bertz CT molecular complexity index is 2520. The smallest absolute Gasteiger partial charge is 0.328 e. The Morgan fingerprint density at radius 3 is 2.53 bits per heavy atom. The van der Waals surface area contributed by atoms with E-state index < -0.39 is 30.3 Å². The zero-order valence-corrected chi connectivity index (χ0v) is 33.9. The first kappa shape index (κ1) is 38.5. The minimum absolute atomic E-state index is 0.105. The third-order valence-corrected chi connectivity index (χ3v) is 13.4. The number of hydrogen-bond acceptors (Lipinski definition) is 9. The maximum absolute atomic E-state index is 16.0. The lowest BCUT2D eigenvalue weighted by Crippen LogP contribution is -2.57. The summed E-state index contributed by atoms with van der Waals surface area (Å²) in [4.78, 5) is 52.5. The Kier molecular flexibility index (Phi) is 9.70. The lowest BCUT2D eigenvalue weighted by Gasteiger charge is -2.54. The number of halogens is 3. The highest BCUT2D eigenvalue weighted by Gasteiger charge is 2.46. The molecule has 3 atom stereocenters. The Labute approximate surface area is 350 Å². The van der Waals surface area contributed by atoms with Gasteiger partial charge in [-0.25, -0.2) is 23.1 Å². The topological polar surface area (TPSA) is 140 Å². The molecule has 2 aliphatic carbocycles. The van der Waals surface area contributed by atoms with Crippen LogP contribution in [0.5, 0.6) is 0 Å². The summed E-state index contributed by atoms with van der Waals surface area (Å²) in [6.45, 7) is 3.67. The van der Waals surface area contributed by atoms with Gasteiger partial charge in [0.1, 0.15) is 12.3 Å². The number of imidazole rings is 1. The SMILES string of the molecule is CNc1cc(N2CCc3c(-c4ccc(CN5CC6(CCC(C(F)c7ccc(Cl)c(N8CCC(=O)NC8=O)c7)CC6)C5)cn4)cccc32)nn2c(C(=O)N[C@@H]3C[C@@H]3F)cnc12. The summed E-state index contributed by atoms with van der Waals surface area (Å²) >= 11 is 6.42. The number of urea groups is 1. The number of benzene rings is 2. The number of aromatic nitrogens is 4. The molecule has 5 aromatic rings. The number of likely N-dealkylation sites (tertiary alicyclic amines) is 1. The number of pyridine rings is 1. The maximum atomic E-state index is 16.0. The van der Waals surface area contributed by atoms with Crippen LogP contribution in [-0.4, -0.2) is 87.8 Å². The fraction of sp³-hybridized carbons (Fsp3) is 0.409. The van der Waals surface area contributed by atoms with Crippen LogP contribution in [0.2, 0.25) is 5.02 Å². The van der Waals surface area contributed by atoms with Crippen LogP contribution < -0.4 is 25.8 Å². The van der Waals surface area contributed by atoms with E-state index in [-0.39, 0.29) is 35.9 Å². The van der Waals surface area contributed by atoms with E-state index in [1.165, 1.54) is 21.2 Å². The number of hydrogen-bond donors (Lipinski definition) is 3. The Balaban J connectivity index is 0.766. The molecule has 2 saturated heterocycles. The molecule has 6 heterocycles. The standard InChI is InChI=1S/C44H45ClF2N10O3/c1-48-34-19-38(53-57-37(21-50-41(34)57)42(59)51-33-18-31(33)46)55-15-11-29-28(3-2-4-35(29)55)32-8-5-25(20-49-32)22-54-23-44(24-54)13-9-26(10-14-44)40(47)27-6-7-30(45)36(17-27)56-16-12-39(58)52-43(56)60/h2-8,17,19-21,26,31,33,40,48H,9-16,18,22-24H2,1H3,(H,51,59)(H,52,58,60)/t31-,33+,40?/m0/s1. The van der Waals surface area contributed by atoms with Crippen molar-refractivity contribution < 1.29 is 23.2 Å². The predicted octanol–water partition coefficient (Wildman–Crippen LogP) is 7.17. The van der Waals surface area contributed by atoms with E-state index in [0.29, 0.717) is 40.7 Å². The summed E-state index contributed by atoms with van der Waals surface area (Å²) in [7, 11) is 1.80. The molecule has 4 amide bonds. The van der Waals surface area contributed by atoms with Crippen LogP contribution in [0, 0.1) is 11.3 Å². The lowest BCUT2D eigenvalue weighted by atomic mass is 9.64. The molecule has 13 nitrogen and oxygen atoms in total. The van der Waals surface area contributed by atoms with Gasteiger partial charge < -0.3 is 15.5 Å². The molecule has 0 radical (unpaired) electrons. The first-order valence-corrected chi connectivity index (χ1v) is 21.1. The molecule has 1 unspecified atom stereocenters. The van der Waals surface area contributed by atoms with Crippen LogP contribution in [0.25, 0.3) is 16.9 Å². The molecule has 5 aliphatic rings. The molecular formula is C44H45ClF2N10O3. The Morgan fingerprint density at radius 2 is 1.80 bits per heavy atom. The first-order chi connectivity index (χ1) is 29.1. The summed E-state index contributed by atoms with van der Waals surface area (Å²) in [5.74, 6) is -0.169. The number of nitrogens with zero attached hydrogens (tertiary/aromatic N) is 7. The number of imide groups is 1. The van der Waals surface area contributed by atoms with Gasteiger partial charge in [-0.2, -0.15) is 0 Å². The average molecular weight is 835 g/mol. The fourth-order valence-electron chi connectivity index (χ4n) is 9.68. The van der Waals surface area contributed by atoms with Crippen molar-refractivity contribution in [3.8, 4) is 11.3 Å². The van der Waals surface area contributed by atoms with Gasteiger partial charge in [-0.1, -0.05) is 35.9 Å². The monoisotopic (exact) mass is 834 g/mol. The first-order valence-electron chi connectivity index (χ1n) is 20.7. The van der Waals surface area contributed by atoms with Gasteiger partial charge in [0.15, 0.2) is 17.2 Å². The predicted molar refractivity (Wildman–Crippen MR) is 224 cm³/mol. The van der Waals surface area contributed by atoms with Gasteiger partial charge in [-0.05, 0) is 84.4 Å². The number of anilines is 4. The molecule has 2 aromatic carbocycles. The zero-order chi connectivity index (χ0) is 41.3. The van der Waals surface area contributed by atoms with E-state index in [1.54, 1.807) is 25.2 Å². The summed E-state index contributed by atoms with van der Waals surface area (Å²) in [5, 5.41) is 13.4. The quantitative estimate of drug-likeness (QED) is 0.134. The van der Waals surface area contributed by atoms with Crippen LogP contribution in [0.1, 0.15) is 71.9 Å². The van der Waals surface area contributed by atoms with E-state index in [1.807, 2.05) is 18.3 Å². The van der Waals surface area contributed by atoms with E-state index in [4.69, 9.17) is 21.7 Å². The number of carbonyl (C=O) groups is 3. The number of nitrogens with one attached hydrogen (secondary N) is 3. The van der Waals surface area contributed by atoms with E-state index in [0.717, 1.165) is 79.9 Å². The van der Waals surface area contributed by atoms with Crippen molar-refractivity contribution in [1.82, 2.24) is 35.1 Å². The lowest BCUT2D eigenvalue weighted by molar-refractivity contribution is -0.120. The van der Waals surface area contributed by atoms with E-state index in [9.17, 15) is 18.8 Å². The molecule has 4 fully saturated rings. The number of amides is 4. The van der Waals surface area contributed by atoms with Crippen molar-refractivity contribution in [2.45, 2.75) is 69.9 Å². The van der Waals surface area contributed by atoms with Gasteiger partial charge in [-0.15, -0.1) is 5.10 Å². The molecule has 3 aromatic heterocycles. The Morgan fingerprint density at radius 1 is 1.00 bits per heavy atom. The summed E-state index contributed by atoms with van der Waals surface area (Å²) in [6.07, 6.45) is 6.10. The number of carbonyl (C=O) groups excluding carboxylic acids is 3. The van der Waals surface area contributed by atoms with E-state index in [2.05, 4.69) is 55.0 Å². The normalized spacial score (nSPS) is 21.8. The van der Waals surface area contributed by atoms with Gasteiger partial charge in [-0.3, -0.25) is 29.7 Å². The van der Waals surface area contributed by atoms with Crippen LogP contribution >= 0.6 is 11.6 Å². The number of alkyl halides is 2. The highest BCUT2D eigenvalue weighted by atomic mass is 35.5. The van der Waals surface area contributed by atoms with Gasteiger partial charge in [0.25, 0.3) is 5.91 Å². The molecular weight excluding hydrogens is 790 g/mol. The van der Waals surface area contributed by atoms with Crippen molar-refractivity contribution in [3.63, 3.8) is 0 Å². The van der Waals surface area contributed by atoms with Crippen molar-refractivity contribution in [2.24, 2.45) is 11.3 Å². The fourth-order valence-corrected chi connectivity index (χ4v) is 9.90. The Hall–Kier alpha value is -5.67. The molecule has 3 N–H and O–H groups in total. The minimum Gasteiger partial charge on any atom is -0.385 e. The third kappa shape index (κ3) is 7.00. The maximum Gasteiger partial charge on any atom is 0.328 e. The molecule has 16 heteroatoms. The number of fused-ring (bicyclic) bond motifs is 2. The molecule has 3 aliphatic heterocycles. The third-order valence-electron chi connectivity index (χ3n) is 13.1. The van der Waals surface area contributed by atoms with Crippen molar-refractivity contribution in [3.05, 3.63) is 94.4 Å². The van der Waals surface area contributed by atoms with Crippen molar-refractivity contribution in [2.75, 3.05) is 48.3 Å². The second-order valence-electron chi connectivity index (χ2n) is 17.0. The highest BCUT2D eigenvalue weighted by Crippen LogP contribution is 2.50. The molecule has 60 heavy (non-hydrogen) atoms. The minimum atomic E-state index is -1.16. The average Bonchev–Trinajstić information content (AvgIpc) is 3.55. The largest absolute Gasteiger partial charge is 0.385 e. The van der Waals surface area contributed by atoms with Gasteiger partial charge in [0.2, 0.25) is 5.91 Å². The van der Waals surface area contributed by atoms with Crippen LogP contribution in [0.15, 0.2) is 67.0 Å².